The van der Waals surface area contributed by atoms with Crippen molar-refractivity contribution in [3.05, 3.63) is 64.4 Å². The molecular weight excluding hydrogens is 333 g/mol. The largest absolute Gasteiger partial charge is 0.489 e. The third-order valence-corrected chi connectivity index (χ3v) is 4.40. The monoisotopic (exact) mass is 349 g/mol. The third kappa shape index (κ3) is 4.04. The number of benzene rings is 2. The fourth-order valence-electron chi connectivity index (χ4n) is 2.60. The molecule has 0 atom stereocenters. The van der Waals surface area contributed by atoms with Crippen molar-refractivity contribution in [3.8, 4) is 5.75 Å². The molecule has 2 aromatic rings. The number of nitrogens with zero attached hydrogens (tertiary/aromatic N) is 1. The highest BCUT2D eigenvalue weighted by molar-refractivity contribution is 6.31. The number of aliphatic carboxylic acids is 1. The Kier molecular flexibility index (Phi) is 5.02. The Labute approximate surface area is 144 Å². The summed E-state index contributed by atoms with van der Waals surface area (Å²) in [5.74, 6) is -0.641. The molecule has 6 heteroatoms. The Morgan fingerprint density at radius 3 is 2.58 bits per heavy atom. The maximum Gasteiger partial charge on any atom is 0.309 e. The molecule has 0 amide bonds. The van der Waals surface area contributed by atoms with Crippen molar-refractivity contribution >= 4 is 17.6 Å². The molecule has 0 saturated carbocycles. The molecule has 1 saturated heterocycles. The van der Waals surface area contributed by atoms with E-state index in [0.29, 0.717) is 23.9 Å². The van der Waals surface area contributed by atoms with Crippen molar-refractivity contribution in [1.82, 2.24) is 4.90 Å². The first-order chi connectivity index (χ1) is 11.5. The number of likely N-dealkylation sites (tertiary alicyclic amines) is 1. The smallest absolute Gasteiger partial charge is 0.309 e. The lowest BCUT2D eigenvalue weighted by molar-refractivity contribution is -0.147. The summed E-state index contributed by atoms with van der Waals surface area (Å²) in [6, 6.07) is 11.9. The molecule has 1 aliphatic heterocycles. The van der Waals surface area contributed by atoms with Gasteiger partial charge in [-0.05, 0) is 29.8 Å². The molecule has 0 unspecified atom stereocenters. The van der Waals surface area contributed by atoms with Crippen LogP contribution in [0, 0.1) is 11.7 Å². The summed E-state index contributed by atoms with van der Waals surface area (Å²) in [6.45, 7) is 2.19. The summed E-state index contributed by atoms with van der Waals surface area (Å²) < 4.78 is 18.7. The number of rotatable bonds is 6. The van der Waals surface area contributed by atoms with Crippen molar-refractivity contribution in [2.75, 3.05) is 13.1 Å². The quantitative estimate of drug-likeness (QED) is 0.866. The molecule has 0 bridgehead atoms. The van der Waals surface area contributed by atoms with Gasteiger partial charge in [-0.3, -0.25) is 9.69 Å². The van der Waals surface area contributed by atoms with Gasteiger partial charge >= 0.3 is 5.97 Å². The second kappa shape index (κ2) is 7.20. The van der Waals surface area contributed by atoms with Gasteiger partial charge in [0.25, 0.3) is 0 Å². The summed E-state index contributed by atoms with van der Waals surface area (Å²) in [5, 5.41) is 9.21. The number of carboxylic acids is 1. The van der Waals surface area contributed by atoms with E-state index in [9.17, 15) is 9.18 Å². The molecule has 1 heterocycles. The zero-order chi connectivity index (χ0) is 17.1. The van der Waals surface area contributed by atoms with Crippen molar-refractivity contribution in [1.29, 1.82) is 0 Å². The Bertz CT molecular complexity index is 730. The number of halogens is 2. The molecule has 1 N–H and O–H groups in total. The van der Waals surface area contributed by atoms with Gasteiger partial charge in [0.1, 0.15) is 18.2 Å². The standard InChI is InChI=1S/C18H17ClFNO3/c19-17-7-15(20)4-3-13(17)11-24-16-5-1-12(2-6-16)8-21-9-14(10-21)18(22)23/h1-7,14H,8-11H2,(H,22,23). The maximum absolute atomic E-state index is 13.0. The molecular formula is C18H17ClFNO3. The van der Waals surface area contributed by atoms with E-state index in [4.69, 9.17) is 21.4 Å². The number of hydrogen-bond donors (Lipinski definition) is 1. The minimum Gasteiger partial charge on any atom is -0.489 e. The predicted molar refractivity (Wildman–Crippen MR) is 88.6 cm³/mol. The van der Waals surface area contributed by atoms with Crippen LogP contribution in [-0.4, -0.2) is 29.1 Å². The van der Waals surface area contributed by atoms with Crippen LogP contribution in [0.5, 0.6) is 5.75 Å². The van der Waals surface area contributed by atoms with Crippen molar-refractivity contribution in [2.45, 2.75) is 13.2 Å². The highest BCUT2D eigenvalue weighted by atomic mass is 35.5. The van der Waals surface area contributed by atoms with Crippen LogP contribution in [-0.2, 0) is 17.9 Å². The van der Waals surface area contributed by atoms with Gasteiger partial charge in [0.05, 0.1) is 10.9 Å². The average molecular weight is 350 g/mol. The molecule has 1 fully saturated rings. The van der Waals surface area contributed by atoms with E-state index in [1.807, 2.05) is 24.3 Å². The van der Waals surface area contributed by atoms with Crippen molar-refractivity contribution < 1.29 is 19.0 Å². The van der Waals surface area contributed by atoms with Crippen LogP contribution in [0.25, 0.3) is 0 Å². The van der Waals surface area contributed by atoms with Crippen LogP contribution < -0.4 is 4.74 Å². The Hall–Kier alpha value is -2.11. The lowest BCUT2D eigenvalue weighted by Gasteiger charge is -2.36. The average Bonchev–Trinajstić information content (AvgIpc) is 2.50. The number of carboxylic acid groups (broad SMARTS) is 1. The molecule has 0 aromatic heterocycles. The normalized spacial score (nSPS) is 15.1. The molecule has 24 heavy (non-hydrogen) atoms. The topological polar surface area (TPSA) is 49.8 Å². The number of carbonyl (C=O) groups is 1. The molecule has 126 valence electrons. The lowest BCUT2D eigenvalue weighted by Crippen LogP contribution is -2.49. The van der Waals surface area contributed by atoms with E-state index in [-0.39, 0.29) is 18.3 Å². The van der Waals surface area contributed by atoms with Gasteiger partial charge in [-0.2, -0.15) is 0 Å². The van der Waals surface area contributed by atoms with E-state index in [1.54, 1.807) is 6.07 Å². The van der Waals surface area contributed by atoms with Crippen molar-refractivity contribution in [2.24, 2.45) is 5.92 Å². The van der Waals surface area contributed by atoms with E-state index in [2.05, 4.69) is 4.90 Å². The molecule has 0 spiro atoms. The lowest BCUT2D eigenvalue weighted by atomic mass is 10.00. The highest BCUT2D eigenvalue weighted by Gasteiger charge is 2.32. The van der Waals surface area contributed by atoms with E-state index in [0.717, 1.165) is 17.7 Å². The number of ether oxygens (including phenoxy) is 1. The molecule has 4 nitrogen and oxygen atoms in total. The first-order valence-electron chi connectivity index (χ1n) is 7.62. The molecule has 1 aliphatic rings. The van der Waals surface area contributed by atoms with Gasteiger partial charge in [-0.15, -0.1) is 0 Å². The highest BCUT2D eigenvalue weighted by Crippen LogP contribution is 2.22. The molecule has 0 radical (unpaired) electrons. The molecule has 0 aliphatic carbocycles. The first kappa shape index (κ1) is 16.7. The Morgan fingerprint density at radius 1 is 1.25 bits per heavy atom. The zero-order valence-electron chi connectivity index (χ0n) is 12.9. The maximum atomic E-state index is 13.0. The Morgan fingerprint density at radius 2 is 1.96 bits per heavy atom. The van der Waals surface area contributed by atoms with Gasteiger partial charge in [0.15, 0.2) is 0 Å². The van der Waals surface area contributed by atoms with Crippen LogP contribution >= 0.6 is 11.6 Å². The SMILES string of the molecule is O=C(O)C1CN(Cc2ccc(OCc3ccc(F)cc3Cl)cc2)C1. The van der Waals surface area contributed by atoms with Crippen LogP contribution in [0.15, 0.2) is 42.5 Å². The van der Waals surface area contributed by atoms with E-state index < -0.39 is 5.97 Å². The third-order valence-electron chi connectivity index (χ3n) is 4.05. The second-order valence-electron chi connectivity index (χ2n) is 5.90. The van der Waals surface area contributed by atoms with Crippen LogP contribution in [0.2, 0.25) is 5.02 Å². The van der Waals surface area contributed by atoms with Gasteiger partial charge < -0.3 is 9.84 Å². The molecule has 3 rings (SSSR count). The minimum absolute atomic E-state index is 0.243. The van der Waals surface area contributed by atoms with Gasteiger partial charge in [0.2, 0.25) is 0 Å². The summed E-state index contributed by atoms with van der Waals surface area (Å²) in [4.78, 5) is 12.9. The van der Waals surface area contributed by atoms with Crippen LogP contribution in [0.3, 0.4) is 0 Å². The molecule has 2 aromatic carbocycles. The fraction of sp³-hybridized carbons (Fsp3) is 0.278. The van der Waals surface area contributed by atoms with E-state index >= 15 is 0 Å². The fourth-order valence-corrected chi connectivity index (χ4v) is 2.83. The summed E-state index contributed by atoms with van der Waals surface area (Å²) >= 11 is 5.97. The summed E-state index contributed by atoms with van der Waals surface area (Å²) in [7, 11) is 0. The van der Waals surface area contributed by atoms with Crippen LogP contribution in [0.4, 0.5) is 4.39 Å². The van der Waals surface area contributed by atoms with Crippen molar-refractivity contribution in [3.63, 3.8) is 0 Å². The minimum atomic E-state index is -0.727. The van der Waals surface area contributed by atoms with Crippen LogP contribution in [0.1, 0.15) is 11.1 Å². The van der Waals surface area contributed by atoms with Gasteiger partial charge in [-0.25, -0.2) is 4.39 Å². The summed E-state index contributed by atoms with van der Waals surface area (Å²) in [6.07, 6.45) is 0. The zero-order valence-corrected chi connectivity index (χ0v) is 13.7. The van der Waals surface area contributed by atoms with Gasteiger partial charge in [0, 0.05) is 25.2 Å². The van der Waals surface area contributed by atoms with Gasteiger partial charge in [-0.1, -0.05) is 29.8 Å². The Balaban J connectivity index is 1.50. The summed E-state index contributed by atoms with van der Waals surface area (Å²) in [5.41, 5.74) is 1.83. The first-order valence-corrected chi connectivity index (χ1v) is 8.00. The second-order valence-corrected chi connectivity index (χ2v) is 6.30. The number of hydrogen-bond acceptors (Lipinski definition) is 3. The predicted octanol–water partition coefficient (Wildman–Crippen LogP) is 3.57. The van der Waals surface area contributed by atoms with E-state index in [1.165, 1.54) is 12.1 Å².